The number of hydrogen-bond acceptors (Lipinski definition) is 13. The number of aliphatic hydroxyl groups is 8. The molecule has 9 N–H and O–H groups in total. The number of ether oxygens (including phenoxy) is 4. The number of nitrogens with one attached hydrogen (secondary N) is 1. The van der Waals surface area contributed by atoms with Crippen LogP contribution in [0.2, 0.25) is 0 Å². The molecule has 0 aromatic rings. The van der Waals surface area contributed by atoms with E-state index in [2.05, 4.69) is 92.1 Å². The van der Waals surface area contributed by atoms with E-state index in [0.29, 0.717) is 12.8 Å². The van der Waals surface area contributed by atoms with Crippen LogP contribution in [0, 0.1) is 0 Å². The minimum absolute atomic E-state index is 0.210. The molecule has 2 heterocycles. The number of hydrogen-bond donors (Lipinski definition) is 9. The molecule has 2 saturated heterocycles. The molecule has 14 heteroatoms. The molecule has 2 aliphatic rings. The lowest BCUT2D eigenvalue weighted by molar-refractivity contribution is -0.359. The zero-order valence-electron chi connectivity index (χ0n) is 48.6. The van der Waals surface area contributed by atoms with Gasteiger partial charge in [0.25, 0.3) is 0 Å². The molecular weight excluding hydrogens is 991 g/mol. The van der Waals surface area contributed by atoms with Crippen molar-refractivity contribution < 1.29 is 64.6 Å². The Hall–Kier alpha value is -2.57. The van der Waals surface area contributed by atoms with Crippen molar-refractivity contribution in [3.05, 3.63) is 72.9 Å². The molecule has 12 atom stereocenters. The summed E-state index contributed by atoms with van der Waals surface area (Å²) in [6.07, 6.45) is 48.0. The largest absolute Gasteiger partial charge is 0.394 e. The number of amides is 1. The molecule has 78 heavy (non-hydrogen) atoms. The number of aliphatic hydroxyl groups excluding tert-OH is 8. The highest BCUT2D eigenvalue weighted by atomic mass is 16.7. The van der Waals surface area contributed by atoms with Gasteiger partial charge in [-0.2, -0.15) is 0 Å². The van der Waals surface area contributed by atoms with Crippen LogP contribution in [0.15, 0.2) is 72.9 Å². The first-order valence-corrected chi connectivity index (χ1v) is 31.2. The van der Waals surface area contributed by atoms with Crippen LogP contribution in [0.25, 0.3) is 0 Å². The average Bonchev–Trinajstić information content (AvgIpc) is 3.44. The lowest BCUT2D eigenvalue weighted by atomic mass is 9.97. The van der Waals surface area contributed by atoms with Crippen LogP contribution in [0.5, 0.6) is 0 Å². The summed E-state index contributed by atoms with van der Waals surface area (Å²) in [5, 5.41) is 87.0. The molecule has 452 valence electrons. The van der Waals surface area contributed by atoms with Crippen LogP contribution in [-0.4, -0.2) is 140 Å². The van der Waals surface area contributed by atoms with Crippen LogP contribution < -0.4 is 5.32 Å². The first kappa shape index (κ1) is 71.5. The number of carbonyl (C=O) groups is 1. The standard InChI is InChI=1S/C64H113NO13/c1-3-5-7-9-11-13-14-15-16-17-18-19-20-21-22-23-24-25-26-27-28-29-30-31-32-33-34-35-36-37-38-40-42-44-46-48-56(69)65-52(53(68)47-45-43-41-39-12-10-8-6-4-2)51-75-63-61(74)59(72)62(55(50-67)77-63)78-64-60(73)58(71)57(70)54(49-66)76-64/h5,7,11,13,15-16,18-19,21-22,24-25,52-55,57-64,66-68,70-74H,3-4,6,8-10,12,14,17,20,23,26-51H2,1-2H3,(H,65,69)/b7-5-,13-11-,16-15-,19-18-,22-21-,25-24-. The normalized spacial score (nSPS) is 25.1. The smallest absolute Gasteiger partial charge is 0.220 e. The van der Waals surface area contributed by atoms with E-state index < -0.39 is 86.8 Å². The van der Waals surface area contributed by atoms with Crippen molar-refractivity contribution in [2.24, 2.45) is 0 Å². The molecule has 0 aliphatic carbocycles. The van der Waals surface area contributed by atoms with Crippen molar-refractivity contribution in [3.8, 4) is 0 Å². The van der Waals surface area contributed by atoms with Gasteiger partial charge in [-0.3, -0.25) is 4.79 Å². The maximum Gasteiger partial charge on any atom is 0.220 e. The number of rotatable bonds is 49. The van der Waals surface area contributed by atoms with Gasteiger partial charge in [0.1, 0.15) is 48.8 Å². The van der Waals surface area contributed by atoms with E-state index in [0.717, 1.165) is 89.9 Å². The molecule has 2 aliphatic heterocycles. The van der Waals surface area contributed by atoms with E-state index in [1.54, 1.807) is 0 Å². The Kier molecular flexibility index (Phi) is 45.0. The predicted molar refractivity (Wildman–Crippen MR) is 313 cm³/mol. The minimum Gasteiger partial charge on any atom is -0.394 e. The topological polar surface area (TPSA) is 228 Å². The van der Waals surface area contributed by atoms with Gasteiger partial charge in [0.2, 0.25) is 5.91 Å². The maximum atomic E-state index is 13.2. The molecule has 0 aromatic heterocycles. The van der Waals surface area contributed by atoms with Crippen LogP contribution in [0.4, 0.5) is 0 Å². The van der Waals surface area contributed by atoms with Gasteiger partial charge in [-0.1, -0.05) is 234 Å². The van der Waals surface area contributed by atoms with Crippen molar-refractivity contribution in [2.75, 3.05) is 19.8 Å². The van der Waals surface area contributed by atoms with Crippen LogP contribution in [-0.2, 0) is 23.7 Å². The fourth-order valence-corrected chi connectivity index (χ4v) is 9.95. The van der Waals surface area contributed by atoms with E-state index in [-0.39, 0.29) is 12.5 Å². The van der Waals surface area contributed by atoms with Gasteiger partial charge in [0, 0.05) is 6.42 Å². The summed E-state index contributed by atoms with van der Waals surface area (Å²) in [5.41, 5.74) is 0. The quantitative estimate of drug-likeness (QED) is 0.0204. The lowest BCUT2D eigenvalue weighted by Gasteiger charge is -2.46. The van der Waals surface area contributed by atoms with Gasteiger partial charge < -0.3 is 65.1 Å². The molecule has 14 nitrogen and oxygen atoms in total. The van der Waals surface area contributed by atoms with Gasteiger partial charge in [-0.25, -0.2) is 0 Å². The Labute approximate surface area is 472 Å². The summed E-state index contributed by atoms with van der Waals surface area (Å²) >= 11 is 0. The summed E-state index contributed by atoms with van der Waals surface area (Å²) in [4.78, 5) is 13.2. The fraction of sp³-hybridized carbons (Fsp3) is 0.797. The van der Waals surface area contributed by atoms with Gasteiger partial charge in [-0.05, 0) is 64.2 Å². The molecule has 1 amide bonds. The third kappa shape index (κ3) is 34.0. The Morgan fingerprint density at radius 1 is 0.474 bits per heavy atom. The van der Waals surface area contributed by atoms with Crippen molar-refractivity contribution in [1.82, 2.24) is 5.32 Å². The van der Waals surface area contributed by atoms with E-state index in [4.69, 9.17) is 18.9 Å². The molecule has 2 rings (SSSR count). The highest BCUT2D eigenvalue weighted by Crippen LogP contribution is 2.30. The Morgan fingerprint density at radius 2 is 0.885 bits per heavy atom. The average molecular weight is 1100 g/mol. The fourth-order valence-electron chi connectivity index (χ4n) is 9.95. The minimum atomic E-state index is -1.78. The Morgan fingerprint density at radius 3 is 1.36 bits per heavy atom. The molecule has 12 unspecified atom stereocenters. The van der Waals surface area contributed by atoms with Crippen LogP contribution in [0.1, 0.15) is 232 Å². The van der Waals surface area contributed by atoms with Crippen LogP contribution in [0.3, 0.4) is 0 Å². The van der Waals surface area contributed by atoms with Crippen molar-refractivity contribution in [3.63, 3.8) is 0 Å². The molecule has 2 fully saturated rings. The van der Waals surface area contributed by atoms with E-state index in [9.17, 15) is 45.6 Å². The maximum absolute atomic E-state index is 13.2. The summed E-state index contributed by atoms with van der Waals surface area (Å²) in [7, 11) is 0. The van der Waals surface area contributed by atoms with E-state index in [1.807, 2.05) is 0 Å². The van der Waals surface area contributed by atoms with Gasteiger partial charge >= 0.3 is 0 Å². The first-order chi connectivity index (χ1) is 38.1. The molecule has 0 spiro atoms. The predicted octanol–water partition coefficient (Wildman–Crippen LogP) is 11.1. The Balaban J connectivity index is 1.58. The number of allylic oxidation sites excluding steroid dienone is 12. The van der Waals surface area contributed by atoms with Crippen molar-refractivity contribution >= 4 is 5.91 Å². The number of carbonyl (C=O) groups excluding carboxylic acids is 1. The monoisotopic (exact) mass is 1100 g/mol. The van der Waals surface area contributed by atoms with Gasteiger partial charge in [-0.15, -0.1) is 0 Å². The van der Waals surface area contributed by atoms with Gasteiger partial charge in [0.15, 0.2) is 12.6 Å². The van der Waals surface area contributed by atoms with Crippen molar-refractivity contribution in [2.45, 2.75) is 306 Å². The summed E-state index contributed by atoms with van der Waals surface area (Å²) < 4.78 is 22.8. The Bertz CT molecular complexity index is 1580. The summed E-state index contributed by atoms with van der Waals surface area (Å²) in [6, 6.07) is -0.828. The van der Waals surface area contributed by atoms with Crippen molar-refractivity contribution in [1.29, 1.82) is 0 Å². The van der Waals surface area contributed by atoms with Gasteiger partial charge in [0.05, 0.1) is 32.0 Å². The first-order valence-electron chi connectivity index (χ1n) is 31.2. The molecule has 0 saturated carbocycles. The molecule has 0 bridgehead atoms. The van der Waals surface area contributed by atoms with Crippen LogP contribution >= 0.6 is 0 Å². The summed E-state index contributed by atoms with van der Waals surface area (Å²) in [5.74, 6) is -0.210. The second-order valence-electron chi connectivity index (χ2n) is 21.8. The second kappa shape index (κ2) is 49.1. The molecular formula is C64H113NO13. The third-order valence-electron chi connectivity index (χ3n) is 14.9. The molecule has 0 aromatic carbocycles. The van der Waals surface area contributed by atoms with E-state index >= 15 is 0 Å². The SMILES string of the molecule is CC/C=C\C/C=C\C/C=C\C/C=C\C/C=C\C/C=C\CCCCCCCCCCCCCCCCCCC(=O)NC(COC1OC(CO)C(OC2OC(CO)C(O)C(O)C2O)C(O)C1O)C(O)CCCCCCCCCCC. The zero-order valence-corrected chi connectivity index (χ0v) is 48.6. The van der Waals surface area contributed by atoms with E-state index in [1.165, 1.54) is 116 Å². The highest BCUT2D eigenvalue weighted by molar-refractivity contribution is 5.76. The lowest BCUT2D eigenvalue weighted by Crippen LogP contribution is -2.65. The highest BCUT2D eigenvalue weighted by Gasteiger charge is 2.51. The summed E-state index contributed by atoms with van der Waals surface area (Å²) in [6.45, 7) is 2.71. The number of unbranched alkanes of at least 4 members (excludes halogenated alkanes) is 24. The second-order valence-corrected chi connectivity index (χ2v) is 21.8. The zero-order chi connectivity index (χ0) is 56.7. The third-order valence-corrected chi connectivity index (χ3v) is 14.9. The molecule has 0 radical (unpaired) electrons.